The van der Waals surface area contributed by atoms with Crippen molar-refractivity contribution in [2.24, 2.45) is 0 Å². The lowest BCUT2D eigenvalue weighted by atomic mass is 10.1. The topological polar surface area (TPSA) is 78.2 Å². The van der Waals surface area contributed by atoms with Crippen LogP contribution < -0.4 is 0 Å². The molecule has 0 bridgehead atoms. The van der Waals surface area contributed by atoms with Gasteiger partial charge in [-0.2, -0.15) is 28.7 Å². The first kappa shape index (κ1) is 14.2. The zero-order valence-corrected chi connectivity index (χ0v) is 11.5. The fraction of sp³-hybridized carbons (Fsp3) is 0.0769. The Balaban J connectivity index is 2.00. The van der Waals surface area contributed by atoms with Gasteiger partial charge in [-0.3, -0.25) is 4.98 Å². The number of thiophene rings is 1. The van der Waals surface area contributed by atoms with Gasteiger partial charge >= 0.3 is 6.18 Å². The van der Waals surface area contributed by atoms with E-state index < -0.39 is 11.7 Å². The molecule has 22 heavy (non-hydrogen) atoms. The molecule has 9 heteroatoms. The van der Waals surface area contributed by atoms with Gasteiger partial charge in [0.1, 0.15) is 11.8 Å². The third-order valence-electron chi connectivity index (χ3n) is 2.89. The molecule has 0 saturated heterocycles. The van der Waals surface area contributed by atoms with E-state index in [2.05, 4.69) is 20.4 Å². The predicted molar refractivity (Wildman–Crippen MR) is 72.6 cm³/mol. The summed E-state index contributed by atoms with van der Waals surface area (Å²) in [5, 5.41) is 20.5. The van der Waals surface area contributed by atoms with Crippen LogP contribution in [0.1, 0.15) is 11.3 Å². The zero-order chi connectivity index (χ0) is 15.7. The number of hydrogen-bond donors (Lipinski definition) is 1. The highest BCUT2D eigenvalue weighted by Crippen LogP contribution is 2.35. The predicted octanol–water partition coefficient (Wildman–Crippen LogP) is 3.49. The van der Waals surface area contributed by atoms with E-state index in [0.717, 1.165) is 12.3 Å². The van der Waals surface area contributed by atoms with Gasteiger partial charge in [-0.15, -0.1) is 16.4 Å². The maximum Gasteiger partial charge on any atom is 0.417 e. The first-order valence-electron chi connectivity index (χ1n) is 5.91. The molecule has 3 rings (SSSR count). The van der Waals surface area contributed by atoms with Gasteiger partial charge in [-0.05, 0) is 23.1 Å². The Morgan fingerprint density at radius 3 is 2.68 bits per heavy atom. The van der Waals surface area contributed by atoms with Crippen LogP contribution in [0.4, 0.5) is 13.2 Å². The first-order chi connectivity index (χ1) is 10.5. The van der Waals surface area contributed by atoms with Crippen LogP contribution in [-0.4, -0.2) is 20.4 Å². The number of hydrogen-bond acceptors (Lipinski definition) is 5. The summed E-state index contributed by atoms with van der Waals surface area (Å²) in [6, 6.07) is 4.58. The van der Waals surface area contributed by atoms with Gasteiger partial charge in [0.05, 0.1) is 10.4 Å². The minimum atomic E-state index is -4.44. The molecule has 0 amide bonds. The molecule has 0 aliphatic carbocycles. The van der Waals surface area contributed by atoms with Gasteiger partial charge in [-0.1, -0.05) is 0 Å². The SMILES string of the molecule is N#Cc1n[nH]nc1-c1cc(-c2cncc(C(F)(F)F)c2)cs1. The lowest BCUT2D eigenvalue weighted by Gasteiger charge is -2.06. The van der Waals surface area contributed by atoms with Crippen molar-refractivity contribution in [1.82, 2.24) is 20.4 Å². The maximum absolute atomic E-state index is 12.7. The molecule has 3 heterocycles. The normalized spacial score (nSPS) is 11.4. The summed E-state index contributed by atoms with van der Waals surface area (Å²) in [7, 11) is 0. The molecule has 3 aromatic rings. The first-order valence-corrected chi connectivity index (χ1v) is 6.79. The molecule has 0 unspecified atom stereocenters. The molecule has 5 nitrogen and oxygen atoms in total. The van der Waals surface area contributed by atoms with Crippen molar-refractivity contribution < 1.29 is 13.2 Å². The lowest BCUT2D eigenvalue weighted by Crippen LogP contribution is -2.05. The second-order valence-electron chi connectivity index (χ2n) is 4.29. The maximum atomic E-state index is 12.7. The Hall–Kier alpha value is -2.73. The van der Waals surface area contributed by atoms with Crippen molar-refractivity contribution in [3.63, 3.8) is 0 Å². The average Bonchev–Trinajstić information content (AvgIpc) is 3.15. The van der Waals surface area contributed by atoms with Gasteiger partial charge in [0.2, 0.25) is 0 Å². The van der Waals surface area contributed by atoms with Crippen LogP contribution in [0.3, 0.4) is 0 Å². The molecule has 0 aliphatic heterocycles. The number of pyridine rings is 1. The summed E-state index contributed by atoms with van der Waals surface area (Å²) in [6.45, 7) is 0. The lowest BCUT2D eigenvalue weighted by molar-refractivity contribution is -0.137. The molecule has 0 aromatic carbocycles. The molecule has 0 saturated carbocycles. The highest BCUT2D eigenvalue weighted by Gasteiger charge is 2.31. The van der Waals surface area contributed by atoms with Crippen molar-refractivity contribution in [1.29, 1.82) is 5.26 Å². The van der Waals surface area contributed by atoms with Gasteiger partial charge in [0.15, 0.2) is 5.69 Å². The van der Waals surface area contributed by atoms with Crippen LogP contribution in [-0.2, 0) is 6.18 Å². The van der Waals surface area contributed by atoms with Gasteiger partial charge in [0.25, 0.3) is 0 Å². The van der Waals surface area contributed by atoms with Crippen molar-refractivity contribution in [3.8, 4) is 27.8 Å². The summed E-state index contributed by atoms with van der Waals surface area (Å²) in [5.41, 5.74) is 0.621. The van der Waals surface area contributed by atoms with Crippen LogP contribution in [0, 0.1) is 11.3 Å². The van der Waals surface area contributed by atoms with Gasteiger partial charge < -0.3 is 0 Å². The van der Waals surface area contributed by atoms with E-state index in [0.29, 0.717) is 21.7 Å². The number of aromatic nitrogens is 4. The second kappa shape index (κ2) is 5.23. The van der Waals surface area contributed by atoms with Crippen LogP contribution in [0.5, 0.6) is 0 Å². The number of nitrogens with one attached hydrogen (secondary N) is 1. The Morgan fingerprint density at radius 1 is 1.14 bits per heavy atom. The van der Waals surface area contributed by atoms with E-state index in [4.69, 9.17) is 5.26 Å². The summed E-state index contributed by atoms with van der Waals surface area (Å²) in [5.74, 6) is 0. The smallest absolute Gasteiger partial charge is 0.263 e. The van der Waals surface area contributed by atoms with Crippen LogP contribution in [0.25, 0.3) is 21.7 Å². The number of aromatic amines is 1. The monoisotopic (exact) mass is 321 g/mol. The number of alkyl halides is 3. The highest BCUT2D eigenvalue weighted by molar-refractivity contribution is 7.14. The van der Waals surface area contributed by atoms with Gasteiger partial charge in [0, 0.05) is 18.0 Å². The van der Waals surface area contributed by atoms with E-state index >= 15 is 0 Å². The van der Waals surface area contributed by atoms with Crippen molar-refractivity contribution in [2.75, 3.05) is 0 Å². The fourth-order valence-corrected chi connectivity index (χ4v) is 2.75. The van der Waals surface area contributed by atoms with E-state index in [-0.39, 0.29) is 5.69 Å². The molecular formula is C13H6F3N5S. The van der Waals surface area contributed by atoms with E-state index in [1.165, 1.54) is 17.5 Å². The minimum Gasteiger partial charge on any atom is -0.263 e. The Bertz CT molecular complexity index is 859. The molecule has 0 aliphatic rings. The minimum absolute atomic E-state index is 0.135. The molecule has 0 spiro atoms. The van der Waals surface area contributed by atoms with Gasteiger partial charge in [-0.25, -0.2) is 0 Å². The third-order valence-corrected chi connectivity index (χ3v) is 3.82. The fourth-order valence-electron chi connectivity index (χ4n) is 1.85. The molecule has 0 fully saturated rings. The number of halogens is 3. The molecule has 0 atom stereocenters. The summed E-state index contributed by atoms with van der Waals surface area (Å²) in [4.78, 5) is 4.27. The number of rotatable bonds is 2. The van der Waals surface area contributed by atoms with Crippen molar-refractivity contribution in [2.45, 2.75) is 6.18 Å². The third kappa shape index (κ3) is 2.56. The standard InChI is InChI=1S/C13H6F3N5S/c14-13(15,16)9-1-7(4-18-5-9)8-2-11(22-6-8)12-10(3-17)19-21-20-12/h1-2,4-6H,(H,19,20,21). The largest absolute Gasteiger partial charge is 0.417 e. The summed E-state index contributed by atoms with van der Waals surface area (Å²) in [6.07, 6.45) is -2.31. The number of H-pyrrole nitrogens is 1. The van der Waals surface area contributed by atoms with Crippen LogP contribution in [0.2, 0.25) is 0 Å². The highest BCUT2D eigenvalue weighted by atomic mass is 32.1. The van der Waals surface area contributed by atoms with E-state index in [1.54, 1.807) is 11.4 Å². The van der Waals surface area contributed by atoms with E-state index in [9.17, 15) is 13.2 Å². The summed E-state index contributed by atoms with van der Waals surface area (Å²) >= 11 is 1.26. The van der Waals surface area contributed by atoms with Crippen LogP contribution >= 0.6 is 11.3 Å². The van der Waals surface area contributed by atoms with Crippen molar-refractivity contribution in [3.05, 3.63) is 41.2 Å². The van der Waals surface area contributed by atoms with Crippen molar-refractivity contribution >= 4 is 11.3 Å². The second-order valence-corrected chi connectivity index (χ2v) is 5.20. The number of nitriles is 1. The Kier molecular flexibility index (Phi) is 3.38. The Morgan fingerprint density at radius 2 is 1.95 bits per heavy atom. The molecule has 1 N–H and O–H groups in total. The number of nitrogens with zero attached hydrogens (tertiary/aromatic N) is 4. The molecular weight excluding hydrogens is 315 g/mol. The van der Waals surface area contributed by atoms with E-state index in [1.807, 2.05) is 6.07 Å². The average molecular weight is 321 g/mol. The summed E-state index contributed by atoms with van der Waals surface area (Å²) < 4.78 is 38.1. The quantitative estimate of drug-likeness (QED) is 0.783. The molecule has 110 valence electrons. The van der Waals surface area contributed by atoms with Crippen LogP contribution in [0.15, 0.2) is 29.9 Å². The Labute approximate surface area is 126 Å². The zero-order valence-electron chi connectivity index (χ0n) is 10.7. The molecule has 3 aromatic heterocycles. The molecule has 0 radical (unpaired) electrons.